The molecule has 1 N–H and O–H groups in total. The van der Waals surface area contributed by atoms with Crippen molar-refractivity contribution in [2.75, 3.05) is 11.9 Å². The quantitative estimate of drug-likeness (QED) is 0.422. The maximum atomic E-state index is 12.3. The van der Waals surface area contributed by atoms with Gasteiger partial charge in [0.2, 0.25) is 0 Å². The van der Waals surface area contributed by atoms with Crippen molar-refractivity contribution < 1.29 is 9.53 Å². The van der Waals surface area contributed by atoms with Gasteiger partial charge in [0.25, 0.3) is 0 Å². The first-order chi connectivity index (χ1) is 13.7. The molecule has 1 atom stereocenters. The highest BCUT2D eigenvalue weighted by atomic mass is 16.5. The van der Waals surface area contributed by atoms with Crippen molar-refractivity contribution in [1.82, 2.24) is 0 Å². The summed E-state index contributed by atoms with van der Waals surface area (Å²) in [5, 5.41) is 3.58. The van der Waals surface area contributed by atoms with Gasteiger partial charge in [-0.25, -0.2) is 4.79 Å². The van der Waals surface area contributed by atoms with Gasteiger partial charge in [-0.1, -0.05) is 78.4 Å². The second kappa shape index (κ2) is 9.56. The van der Waals surface area contributed by atoms with Gasteiger partial charge in [-0.2, -0.15) is 0 Å². The highest BCUT2D eigenvalue weighted by Gasteiger charge is 2.20. The number of nitrogens with one attached hydrogen (secondary N) is 1. The second-order valence-corrected chi connectivity index (χ2v) is 6.57. The standard InChI is InChI=1S/C25H25NO2/c1-3-28-24(27)18-23(20-10-6-4-7-11-20)25(21-16-14-19(2)15-17-21)26-22-12-8-5-9-13-22/h4-18,25-26H,3H2,1-2H3/b23-18-. The van der Waals surface area contributed by atoms with Gasteiger partial charge >= 0.3 is 5.97 Å². The minimum Gasteiger partial charge on any atom is -0.463 e. The molecule has 3 rings (SSSR count). The molecule has 3 heteroatoms. The molecule has 0 amide bonds. The molecule has 142 valence electrons. The molecular weight excluding hydrogens is 346 g/mol. The Morgan fingerprint density at radius 2 is 1.54 bits per heavy atom. The van der Waals surface area contributed by atoms with Gasteiger partial charge in [0.1, 0.15) is 0 Å². The Labute approximate surface area is 166 Å². The summed E-state index contributed by atoms with van der Waals surface area (Å²) in [5.74, 6) is -0.340. The van der Waals surface area contributed by atoms with Crippen molar-refractivity contribution in [2.45, 2.75) is 19.9 Å². The summed E-state index contributed by atoms with van der Waals surface area (Å²) in [4.78, 5) is 12.3. The van der Waals surface area contributed by atoms with Crippen LogP contribution in [0.5, 0.6) is 0 Å². The number of carbonyl (C=O) groups is 1. The van der Waals surface area contributed by atoms with E-state index in [1.54, 1.807) is 6.08 Å². The van der Waals surface area contributed by atoms with Crippen molar-refractivity contribution in [3.8, 4) is 0 Å². The van der Waals surface area contributed by atoms with Crippen LogP contribution >= 0.6 is 0 Å². The van der Waals surface area contributed by atoms with E-state index < -0.39 is 0 Å². The normalized spacial score (nSPS) is 12.3. The number of hydrogen-bond donors (Lipinski definition) is 1. The first-order valence-electron chi connectivity index (χ1n) is 9.49. The number of hydrogen-bond acceptors (Lipinski definition) is 3. The molecule has 0 aliphatic rings. The van der Waals surface area contributed by atoms with E-state index in [1.165, 1.54) is 5.56 Å². The number of rotatable bonds is 7. The number of benzene rings is 3. The Morgan fingerprint density at radius 1 is 0.929 bits per heavy atom. The number of carbonyl (C=O) groups excluding carboxylic acids is 1. The Morgan fingerprint density at radius 3 is 2.14 bits per heavy atom. The highest BCUT2D eigenvalue weighted by Crippen LogP contribution is 2.33. The smallest absolute Gasteiger partial charge is 0.331 e. The van der Waals surface area contributed by atoms with E-state index in [4.69, 9.17) is 4.74 Å². The molecule has 1 unspecified atom stereocenters. The van der Waals surface area contributed by atoms with Gasteiger partial charge < -0.3 is 10.1 Å². The second-order valence-electron chi connectivity index (χ2n) is 6.57. The Balaban J connectivity index is 2.09. The molecule has 0 aliphatic heterocycles. The zero-order valence-electron chi connectivity index (χ0n) is 16.3. The lowest BCUT2D eigenvalue weighted by Gasteiger charge is -2.24. The molecule has 28 heavy (non-hydrogen) atoms. The van der Waals surface area contributed by atoms with Crippen molar-refractivity contribution in [2.24, 2.45) is 0 Å². The molecule has 0 heterocycles. The zero-order chi connectivity index (χ0) is 19.8. The fourth-order valence-corrected chi connectivity index (χ4v) is 3.08. The van der Waals surface area contributed by atoms with Crippen LogP contribution in [-0.2, 0) is 9.53 Å². The molecule has 3 nitrogen and oxygen atoms in total. The van der Waals surface area contributed by atoms with E-state index in [-0.39, 0.29) is 12.0 Å². The summed E-state index contributed by atoms with van der Waals surface area (Å²) in [6.07, 6.45) is 1.60. The molecule has 0 fully saturated rings. The summed E-state index contributed by atoms with van der Waals surface area (Å²) >= 11 is 0. The lowest BCUT2D eigenvalue weighted by Crippen LogP contribution is -2.15. The SMILES string of the molecule is CCOC(=O)/C=C(/c1ccccc1)C(Nc1ccccc1)c1ccc(C)cc1. The third-order valence-electron chi connectivity index (χ3n) is 4.47. The molecule has 0 saturated carbocycles. The van der Waals surface area contributed by atoms with Crippen LogP contribution in [0.1, 0.15) is 29.7 Å². The van der Waals surface area contributed by atoms with Gasteiger partial charge in [0.15, 0.2) is 0 Å². The minimum atomic E-state index is -0.340. The van der Waals surface area contributed by atoms with Crippen LogP contribution in [-0.4, -0.2) is 12.6 Å². The van der Waals surface area contributed by atoms with Gasteiger partial charge in [0.05, 0.1) is 12.6 Å². The molecule has 0 saturated heterocycles. The number of anilines is 1. The van der Waals surface area contributed by atoms with Crippen LogP contribution < -0.4 is 5.32 Å². The molecule has 3 aromatic carbocycles. The van der Waals surface area contributed by atoms with Crippen molar-refractivity contribution in [1.29, 1.82) is 0 Å². The molecule has 0 aliphatic carbocycles. The number of para-hydroxylation sites is 1. The summed E-state index contributed by atoms with van der Waals surface area (Å²) in [7, 11) is 0. The van der Waals surface area contributed by atoms with E-state index in [9.17, 15) is 4.79 Å². The number of esters is 1. The van der Waals surface area contributed by atoms with Gasteiger partial charge in [0, 0.05) is 11.8 Å². The lowest BCUT2D eigenvalue weighted by atomic mass is 9.91. The van der Waals surface area contributed by atoms with Crippen molar-refractivity contribution in [3.05, 3.63) is 108 Å². The third-order valence-corrected chi connectivity index (χ3v) is 4.47. The maximum absolute atomic E-state index is 12.3. The predicted molar refractivity (Wildman–Crippen MR) is 115 cm³/mol. The van der Waals surface area contributed by atoms with Gasteiger partial charge in [-0.3, -0.25) is 0 Å². The summed E-state index contributed by atoms with van der Waals surface area (Å²) in [5.41, 5.74) is 5.10. The number of aryl methyl sites for hydroxylation is 1. The summed E-state index contributed by atoms with van der Waals surface area (Å²) in [6, 6.07) is 28.1. The van der Waals surface area contributed by atoms with Gasteiger partial charge in [-0.15, -0.1) is 0 Å². The first-order valence-corrected chi connectivity index (χ1v) is 9.49. The summed E-state index contributed by atoms with van der Waals surface area (Å²) in [6.45, 7) is 4.22. The lowest BCUT2D eigenvalue weighted by molar-refractivity contribution is -0.137. The van der Waals surface area contributed by atoms with Crippen LogP contribution in [0.2, 0.25) is 0 Å². The minimum absolute atomic E-state index is 0.199. The van der Waals surface area contributed by atoms with Crippen LogP contribution in [0.3, 0.4) is 0 Å². The zero-order valence-corrected chi connectivity index (χ0v) is 16.3. The third kappa shape index (κ3) is 5.10. The predicted octanol–water partition coefficient (Wildman–Crippen LogP) is 5.79. The van der Waals surface area contributed by atoms with E-state index in [0.29, 0.717) is 6.61 Å². The van der Waals surface area contributed by atoms with Crippen LogP contribution in [0, 0.1) is 6.92 Å². The van der Waals surface area contributed by atoms with E-state index in [2.05, 4.69) is 36.5 Å². The average molecular weight is 371 g/mol. The molecule has 0 spiro atoms. The fourth-order valence-electron chi connectivity index (χ4n) is 3.08. The maximum Gasteiger partial charge on any atom is 0.331 e. The topological polar surface area (TPSA) is 38.3 Å². The van der Waals surface area contributed by atoms with Crippen LogP contribution in [0.25, 0.3) is 5.57 Å². The summed E-state index contributed by atoms with van der Waals surface area (Å²) < 4.78 is 5.21. The largest absolute Gasteiger partial charge is 0.463 e. The van der Waals surface area contributed by atoms with E-state index in [1.807, 2.05) is 67.6 Å². The monoisotopic (exact) mass is 371 g/mol. The molecule has 0 aromatic heterocycles. The molecule has 0 radical (unpaired) electrons. The Bertz CT molecular complexity index is 916. The van der Waals surface area contributed by atoms with Crippen LogP contribution in [0.4, 0.5) is 5.69 Å². The molecule has 3 aromatic rings. The molecular formula is C25H25NO2. The first kappa shape index (κ1) is 19.4. The number of ether oxygens (including phenoxy) is 1. The average Bonchev–Trinajstić information content (AvgIpc) is 2.73. The Kier molecular flexibility index (Phi) is 6.64. The Hall–Kier alpha value is -3.33. The highest BCUT2D eigenvalue weighted by molar-refractivity contribution is 5.93. The van der Waals surface area contributed by atoms with Crippen LogP contribution in [0.15, 0.2) is 91.0 Å². The van der Waals surface area contributed by atoms with E-state index >= 15 is 0 Å². The van der Waals surface area contributed by atoms with Crippen molar-refractivity contribution in [3.63, 3.8) is 0 Å². The van der Waals surface area contributed by atoms with Gasteiger partial charge in [-0.05, 0) is 42.7 Å². The van der Waals surface area contributed by atoms with E-state index in [0.717, 1.165) is 22.4 Å². The fraction of sp³-hybridized carbons (Fsp3) is 0.160. The molecule has 0 bridgehead atoms. The van der Waals surface area contributed by atoms with Crippen molar-refractivity contribution >= 4 is 17.2 Å².